The van der Waals surface area contributed by atoms with E-state index in [4.69, 9.17) is 0 Å². The number of carbonyl (C=O) groups excluding carboxylic acids is 3. The van der Waals surface area contributed by atoms with E-state index in [0.29, 0.717) is 6.42 Å². The van der Waals surface area contributed by atoms with E-state index in [1.807, 2.05) is 0 Å². The van der Waals surface area contributed by atoms with Crippen molar-refractivity contribution in [2.24, 2.45) is 0 Å². The van der Waals surface area contributed by atoms with Gasteiger partial charge in [-0.25, -0.2) is 12.8 Å². The highest BCUT2D eigenvalue weighted by molar-refractivity contribution is 7.91. The molecule has 2 heterocycles. The molecule has 0 saturated carbocycles. The van der Waals surface area contributed by atoms with Crippen molar-refractivity contribution in [2.45, 2.75) is 18.9 Å². The fraction of sp³-hybridized carbons (Fsp3) is 0.438. The molecule has 1 aromatic rings. The number of hydrogen-bond donors (Lipinski definition) is 0. The molecule has 1 saturated heterocycles. The van der Waals surface area contributed by atoms with Crippen molar-refractivity contribution >= 4 is 27.6 Å². The van der Waals surface area contributed by atoms with Crippen molar-refractivity contribution in [3.05, 3.63) is 35.1 Å². The first-order valence-corrected chi connectivity index (χ1v) is 9.64. The Labute approximate surface area is 144 Å². The maximum Gasteiger partial charge on any atom is 0.264 e. The summed E-state index contributed by atoms with van der Waals surface area (Å²) in [6, 6.07) is 3.43. The van der Waals surface area contributed by atoms with Crippen LogP contribution in [-0.2, 0) is 14.6 Å². The Balaban J connectivity index is 1.65. The van der Waals surface area contributed by atoms with E-state index in [2.05, 4.69) is 0 Å². The number of sulfone groups is 1. The lowest BCUT2D eigenvalue weighted by Gasteiger charge is -2.24. The van der Waals surface area contributed by atoms with Gasteiger partial charge in [-0.1, -0.05) is 6.07 Å². The molecule has 1 fully saturated rings. The monoisotopic (exact) mass is 368 g/mol. The minimum Gasteiger partial charge on any atom is -0.342 e. The molecular formula is C16H17FN2O5S. The van der Waals surface area contributed by atoms with Gasteiger partial charge in [-0.2, -0.15) is 0 Å². The van der Waals surface area contributed by atoms with Crippen LogP contribution in [0.15, 0.2) is 18.2 Å². The molecule has 0 bridgehead atoms. The zero-order valence-corrected chi connectivity index (χ0v) is 14.4. The summed E-state index contributed by atoms with van der Waals surface area (Å²) < 4.78 is 36.8. The van der Waals surface area contributed by atoms with Crippen LogP contribution in [0.4, 0.5) is 4.39 Å². The maximum atomic E-state index is 13.8. The fourth-order valence-corrected chi connectivity index (χ4v) is 4.94. The van der Waals surface area contributed by atoms with Crippen molar-refractivity contribution < 1.29 is 27.2 Å². The zero-order chi connectivity index (χ0) is 18.4. The average Bonchev–Trinajstić information content (AvgIpc) is 3.03. The highest BCUT2D eigenvalue weighted by atomic mass is 32.2. The molecule has 0 N–H and O–H groups in total. The van der Waals surface area contributed by atoms with Crippen LogP contribution in [0.5, 0.6) is 0 Å². The molecule has 25 heavy (non-hydrogen) atoms. The zero-order valence-electron chi connectivity index (χ0n) is 13.6. The van der Waals surface area contributed by atoms with Gasteiger partial charge < -0.3 is 4.90 Å². The van der Waals surface area contributed by atoms with Crippen LogP contribution < -0.4 is 0 Å². The van der Waals surface area contributed by atoms with Gasteiger partial charge in [0.05, 0.1) is 22.6 Å². The summed E-state index contributed by atoms with van der Waals surface area (Å²) >= 11 is 0. The lowest BCUT2D eigenvalue weighted by molar-refractivity contribution is -0.131. The van der Waals surface area contributed by atoms with Gasteiger partial charge in [0.1, 0.15) is 5.82 Å². The fourth-order valence-electron chi connectivity index (χ4n) is 3.16. The number of imide groups is 1. The summed E-state index contributed by atoms with van der Waals surface area (Å²) in [5.74, 6) is -2.53. The summed E-state index contributed by atoms with van der Waals surface area (Å²) in [6.45, 7) is -0.172. The van der Waals surface area contributed by atoms with Crippen LogP contribution in [-0.4, -0.2) is 67.1 Å². The molecule has 0 aromatic heterocycles. The summed E-state index contributed by atoms with van der Waals surface area (Å²) in [6.07, 6.45) is 0.239. The normalized spacial score (nSPS) is 21.5. The third kappa shape index (κ3) is 3.15. The Kier molecular flexibility index (Phi) is 4.36. The van der Waals surface area contributed by atoms with Crippen LogP contribution >= 0.6 is 0 Å². The van der Waals surface area contributed by atoms with Gasteiger partial charge in [-0.3, -0.25) is 19.3 Å². The third-order valence-electron chi connectivity index (χ3n) is 4.65. The molecule has 3 amide bonds. The number of amides is 3. The number of carbonyl (C=O) groups is 3. The van der Waals surface area contributed by atoms with Gasteiger partial charge in [0.15, 0.2) is 9.84 Å². The SMILES string of the molecule is CN(C(=O)CCN1C(=O)c2cccc(F)c2C1=O)C1CCS(=O)(=O)C1. The molecule has 0 aliphatic carbocycles. The number of rotatable bonds is 4. The second-order valence-corrected chi connectivity index (χ2v) is 8.46. The van der Waals surface area contributed by atoms with Gasteiger partial charge in [-0.05, 0) is 18.6 Å². The van der Waals surface area contributed by atoms with Crippen LogP contribution in [0.3, 0.4) is 0 Å². The summed E-state index contributed by atoms with van der Waals surface area (Å²) in [7, 11) is -1.61. The second-order valence-electron chi connectivity index (χ2n) is 6.24. The van der Waals surface area contributed by atoms with Crippen LogP contribution in [0.2, 0.25) is 0 Å². The van der Waals surface area contributed by atoms with Crippen molar-refractivity contribution in [1.29, 1.82) is 0 Å². The summed E-state index contributed by atoms with van der Waals surface area (Å²) in [4.78, 5) is 38.9. The number of nitrogens with zero attached hydrogens (tertiary/aromatic N) is 2. The van der Waals surface area contributed by atoms with Crippen LogP contribution in [0, 0.1) is 5.82 Å². The number of hydrogen-bond acceptors (Lipinski definition) is 5. The standard InChI is InChI=1S/C16H17FN2O5S/c1-18(10-6-8-25(23,24)9-10)13(20)5-7-19-15(21)11-3-2-4-12(17)14(11)16(19)22/h2-4,10H,5-9H2,1H3. The highest BCUT2D eigenvalue weighted by Crippen LogP contribution is 2.25. The van der Waals surface area contributed by atoms with Crippen LogP contribution in [0.25, 0.3) is 0 Å². The topological polar surface area (TPSA) is 91.8 Å². The first-order chi connectivity index (χ1) is 11.7. The molecule has 9 heteroatoms. The lowest BCUT2D eigenvalue weighted by atomic mass is 10.1. The maximum absolute atomic E-state index is 13.8. The Morgan fingerprint density at radius 1 is 1.32 bits per heavy atom. The van der Waals surface area contributed by atoms with Gasteiger partial charge in [0.25, 0.3) is 11.8 Å². The Morgan fingerprint density at radius 2 is 2.04 bits per heavy atom. The van der Waals surface area contributed by atoms with Gasteiger partial charge in [-0.15, -0.1) is 0 Å². The molecule has 3 rings (SSSR count). The van der Waals surface area contributed by atoms with Crippen molar-refractivity contribution in [3.63, 3.8) is 0 Å². The van der Waals surface area contributed by atoms with Gasteiger partial charge in [0, 0.05) is 26.1 Å². The van der Waals surface area contributed by atoms with Crippen molar-refractivity contribution in [3.8, 4) is 0 Å². The van der Waals surface area contributed by atoms with Crippen LogP contribution in [0.1, 0.15) is 33.6 Å². The lowest BCUT2D eigenvalue weighted by Crippen LogP contribution is -2.40. The Morgan fingerprint density at radius 3 is 2.64 bits per heavy atom. The molecule has 1 atom stereocenters. The van der Waals surface area contributed by atoms with E-state index >= 15 is 0 Å². The van der Waals surface area contributed by atoms with E-state index in [1.165, 1.54) is 24.1 Å². The van der Waals surface area contributed by atoms with Gasteiger partial charge in [0.2, 0.25) is 5.91 Å². The number of halogens is 1. The number of benzene rings is 1. The summed E-state index contributed by atoms with van der Waals surface area (Å²) in [5, 5.41) is 0. The molecule has 0 spiro atoms. The second kappa shape index (κ2) is 6.21. The largest absolute Gasteiger partial charge is 0.342 e. The van der Waals surface area contributed by atoms with E-state index in [1.54, 1.807) is 0 Å². The predicted octanol–water partition coefficient (Wildman–Crippen LogP) is 0.457. The summed E-state index contributed by atoms with van der Waals surface area (Å²) in [5.41, 5.74) is -0.275. The molecule has 134 valence electrons. The highest BCUT2D eigenvalue weighted by Gasteiger charge is 2.38. The van der Waals surface area contributed by atoms with Gasteiger partial charge >= 0.3 is 0 Å². The molecule has 1 unspecified atom stereocenters. The van der Waals surface area contributed by atoms with E-state index < -0.39 is 33.5 Å². The predicted molar refractivity (Wildman–Crippen MR) is 86.2 cm³/mol. The Bertz CT molecular complexity index is 867. The molecule has 1 aromatic carbocycles. The van der Waals surface area contributed by atoms with E-state index in [-0.39, 0.29) is 41.5 Å². The first kappa shape index (κ1) is 17.5. The minimum atomic E-state index is -3.12. The first-order valence-electron chi connectivity index (χ1n) is 7.82. The molecule has 2 aliphatic rings. The van der Waals surface area contributed by atoms with Crippen molar-refractivity contribution in [1.82, 2.24) is 9.80 Å². The molecule has 2 aliphatic heterocycles. The van der Waals surface area contributed by atoms with Crippen molar-refractivity contribution in [2.75, 3.05) is 25.1 Å². The number of fused-ring (bicyclic) bond motifs is 1. The average molecular weight is 368 g/mol. The van der Waals surface area contributed by atoms with E-state index in [0.717, 1.165) is 11.0 Å². The molecule has 0 radical (unpaired) electrons. The van der Waals surface area contributed by atoms with E-state index in [9.17, 15) is 27.2 Å². The smallest absolute Gasteiger partial charge is 0.264 e. The molecular weight excluding hydrogens is 351 g/mol. The molecule has 7 nitrogen and oxygen atoms in total. The Hall–Kier alpha value is -2.29. The third-order valence-corrected chi connectivity index (χ3v) is 6.40. The quantitative estimate of drug-likeness (QED) is 0.720. The minimum absolute atomic E-state index is 0.00677.